The van der Waals surface area contributed by atoms with Gasteiger partial charge in [-0.25, -0.2) is 0 Å². The maximum absolute atomic E-state index is 13.1. The second-order valence-electron chi connectivity index (χ2n) is 6.87. The Kier molecular flexibility index (Phi) is 3.40. The van der Waals surface area contributed by atoms with Crippen molar-refractivity contribution in [3.05, 3.63) is 41.5 Å². The van der Waals surface area contributed by atoms with Gasteiger partial charge in [-0.1, -0.05) is 23.4 Å². The molecule has 1 saturated carbocycles. The first-order valence-corrected chi connectivity index (χ1v) is 9.56. The van der Waals surface area contributed by atoms with Crippen LogP contribution in [0.25, 0.3) is 0 Å². The van der Waals surface area contributed by atoms with Crippen LogP contribution in [0.5, 0.6) is 0 Å². The summed E-state index contributed by atoms with van der Waals surface area (Å²) < 4.78 is 5.40. The highest BCUT2D eigenvalue weighted by Gasteiger charge is 2.39. The van der Waals surface area contributed by atoms with Gasteiger partial charge in [0.15, 0.2) is 5.82 Å². The number of benzene rings is 1. The summed E-state index contributed by atoms with van der Waals surface area (Å²) in [6.45, 7) is 0.796. The molecule has 1 aliphatic carbocycles. The number of hydrogen-bond donors (Lipinski definition) is 0. The van der Waals surface area contributed by atoms with Crippen LogP contribution in [0.1, 0.15) is 54.9 Å². The standard InChI is InChI=1S/C18H19N3O2S/c22-18(15-10-12-4-1-2-6-14(12)24-15)21-9-3-5-13(21)16-19-17(23-20-16)11-7-8-11/h1-2,4,6,11,13,15H,3,5,7-10H2. The highest BCUT2D eigenvalue weighted by atomic mass is 32.2. The molecule has 3 heterocycles. The zero-order valence-electron chi connectivity index (χ0n) is 13.4. The molecular weight excluding hydrogens is 322 g/mol. The molecule has 0 bridgehead atoms. The third-order valence-corrected chi connectivity index (χ3v) is 6.45. The van der Waals surface area contributed by atoms with Crippen LogP contribution in [0.3, 0.4) is 0 Å². The highest BCUT2D eigenvalue weighted by Crippen LogP contribution is 2.42. The van der Waals surface area contributed by atoms with Gasteiger partial charge in [0.05, 0.1) is 11.3 Å². The van der Waals surface area contributed by atoms with Crippen molar-refractivity contribution in [2.45, 2.75) is 54.2 Å². The Morgan fingerprint density at radius 2 is 2.12 bits per heavy atom. The summed E-state index contributed by atoms with van der Waals surface area (Å²) in [5, 5.41) is 4.16. The molecule has 1 saturated heterocycles. The molecule has 2 atom stereocenters. The zero-order valence-corrected chi connectivity index (χ0v) is 14.2. The lowest BCUT2D eigenvalue weighted by Gasteiger charge is -2.24. The maximum Gasteiger partial charge on any atom is 0.237 e. The Morgan fingerprint density at radius 3 is 2.96 bits per heavy atom. The second-order valence-corrected chi connectivity index (χ2v) is 8.12. The summed E-state index contributed by atoms with van der Waals surface area (Å²) >= 11 is 1.69. The van der Waals surface area contributed by atoms with Crippen LogP contribution in [-0.2, 0) is 11.2 Å². The molecule has 1 aromatic carbocycles. The summed E-state index contributed by atoms with van der Waals surface area (Å²) in [6.07, 6.45) is 5.05. The van der Waals surface area contributed by atoms with Gasteiger partial charge in [0, 0.05) is 17.4 Å². The molecule has 1 amide bonds. The number of fused-ring (bicyclic) bond motifs is 1. The normalized spacial score (nSPS) is 25.9. The van der Waals surface area contributed by atoms with Crippen LogP contribution in [0, 0.1) is 0 Å². The molecular formula is C18H19N3O2S. The minimum Gasteiger partial charge on any atom is -0.339 e. The summed E-state index contributed by atoms with van der Waals surface area (Å²) in [4.78, 5) is 20.9. The number of likely N-dealkylation sites (tertiary alicyclic amines) is 1. The Hall–Kier alpha value is -1.82. The Bertz CT molecular complexity index is 761. The molecule has 1 aromatic heterocycles. The minimum absolute atomic E-state index is 0.0157. The average molecular weight is 341 g/mol. The molecule has 6 heteroatoms. The summed E-state index contributed by atoms with van der Waals surface area (Å²) in [5.74, 6) is 2.13. The number of amides is 1. The van der Waals surface area contributed by atoms with E-state index in [1.165, 1.54) is 10.5 Å². The van der Waals surface area contributed by atoms with Crippen molar-refractivity contribution >= 4 is 17.7 Å². The molecule has 3 aliphatic rings. The number of carbonyl (C=O) groups excluding carboxylic acids is 1. The topological polar surface area (TPSA) is 59.2 Å². The third-order valence-electron chi connectivity index (χ3n) is 5.14. The highest BCUT2D eigenvalue weighted by molar-refractivity contribution is 8.01. The molecule has 2 unspecified atom stereocenters. The molecule has 24 heavy (non-hydrogen) atoms. The van der Waals surface area contributed by atoms with E-state index in [1.54, 1.807) is 11.8 Å². The van der Waals surface area contributed by atoms with Crippen molar-refractivity contribution in [2.24, 2.45) is 0 Å². The molecule has 0 radical (unpaired) electrons. The van der Waals surface area contributed by atoms with Crippen LogP contribution in [-0.4, -0.2) is 32.7 Å². The molecule has 2 fully saturated rings. The van der Waals surface area contributed by atoms with E-state index in [0.29, 0.717) is 11.7 Å². The van der Waals surface area contributed by atoms with E-state index in [1.807, 2.05) is 17.0 Å². The largest absolute Gasteiger partial charge is 0.339 e. The van der Waals surface area contributed by atoms with Gasteiger partial charge in [0.25, 0.3) is 0 Å². The van der Waals surface area contributed by atoms with Gasteiger partial charge in [-0.3, -0.25) is 4.79 Å². The van der Waals surface area contributed by atoms with Gasteiger partial charge in [0.2, 0.25) is 11.8 Å². The number of aromatic nitrogens is 2. The molecule has 2 aliphatic heterocycles. The van der Waals surface area contributed by atoms with Crippen molar-refractivity contribution in [3.8, 4) is 0 Å². The SMILES string of the molecule is O=C(C1Cc2ccccc2S1)N1CCCC1c1noc(C2CC2)n1. The lowest BCUT2D eigenvalue weighted by molar-refractivity contribution is -0.131. The van der Waals surface area contributed by atoms with E-state index in [9.17, 15) is 4.79 Å². The monoisotopic (exact) mass is 341 g/mol. The number of rotatable bonds is 3. The number of thioether (sulfide) groups is 1. The van der Waals surface area contributed by atoms with Crippen molar-refractivity contribution < 1.29 is 9.32 Å². The molecule has 5 rings (SSSR count). The van der Waals surface area contributed by atoms with Crippen molar-refractivity contribution in [1.29, 1.82) is 0 Å². The number of carbonyl (C=O) groups is 1. The van der Waals surface area contributed by atoms with E-state index in [-0.39, 0.29) is 17.2 Å². The molecule has 124 valence electrons. The first kappa shape index (κ1) is 14.5. The molecule has 5 nitrogen and oxygen atoms in total. The van der Waals surface area contributed by atoms with Gasteiger partial charge in [0.1, 0.15) is 0 Å². The van der Waals surface area contributed by atoms with E-state index >= 15 is 0 Å². The average Bonchev–Trinajstić information content (AvgIpc) is 3.06. The summed E-state index contributed by atoms with van der Waals surface area (Å²) in [6, 6.07) is 8.30. The zero-order chi connectivity index (χ0) is 16.1. The van der Waals surface area contributed by atoms with Gasteiger partial charge < -0.3 is 9.42 Å². The number of nitrogens with zero attached hydrogens (tertiary/aromatic N) is 3. The summed E-state index contributed by atoms with van der Waals surface area (Å²) in [7, 11) is 0. The Labute approximate surface area is 144 Å². The van der Waals surface area contributed by atoms with Crippen molar-refractivity contribution in [3.63, 3.8) is 0 Å². The third kappa shape index (κ3) is 2.44. The molecule has 0 spiro atoms. The summed E-state index contributed by atoms with van der Waals surface area (Å²) in [5.41, 5.74) is 1.28. The minimum atomic E-state index is -0.0159. The van der Waals surface area contributed by atoms with Crippen LogP contribution in [0.15, 0.2) is 33.7 Å². The number of hydrogen-bond acceptors (Lipinski definition) is 5. The van der Waals surface area contributed by atoms with E-state index in [2.05, 4.69) is 22.3 Å². The Balaban J connectivity index is 1.34. The van der Waals surface area contributed by atoms with E-state index in [0.717, 1.165) is 44.5 Å². The lowest BCUT2D eigenvalue weighted by atomic mass is 10.1. The van der Waals surface area contributed by atoms with Crippen molar-refractivity contribution in [2.75, 3.05) is 6.54 Å². The fraction of sp³-hybridized carbons (Fsp3) is 0.500. The fourth-order valence-corrected chi connectivity index (χ4v) is 4.95. The predicted octanol–water partition coefficient (Wildman–Crippen LogP) is 3.33. The first-order chi connectivity index (χ1) is 11.8. The van der Waals surface area contributed by atoms with Gasteiger partial charge in [-0.15, -0.1) is 11.8 Å². The second kappa shape index (κ2) is 5.62. The van der Waals surface area contributed by atoms with E-state index in [4.69, 9.17) is 4.52 Å². The lowest BCUT2D eigenvalue weighted by Crippen LogP contribution is -2.37. The Morgan fingerprint density at radius 1 is 1.25 bits per heavy atom. The van der Waals surface area contributed by atoms with Gasteiger partial charge >= 0.3 is 0 Å². The van der Waals surface area contributed by atoms with Gasteiger partial charge in [-0.05, 0) is 43.7 Å². The van der Waals surface area contributed by atoms with Crippen LogP contribution < -0.4 is 0 Å². The van der Waals surface area contributed by atoms with Crippen LogP contribution in [0.4, 0.5) is 0 Å². The van der Waals surface area contributed by atoms with Crippen LogP contribution in [0.2, 0.25) is 0 Å². The first-order valence-electron chi connectivity index (χ1n) is 8.68. The quantitative estimate of drug-likeness (QED) is 0.857. The fourth-order valence-electron chi connectivity index (χ4n) is 3.68. The molecule has 2 aromatic rings. The maximum atomic E-state index is 13.1. The van der Waals surface area contributed by atoms with Crippen LogP contribution >= 0.6 is 11.8 Å². The van der Waals surface area contributed by atoms with Gasteiger partial charge in [-0.2, -0.15) is 4.98 Å². The van der Waals surface area contributed by atoms with Crippen molar-refractivity contribution in [1.82, 2.24) is 15.0 Å². The predicted molar refractivity (Wildman–Crippen MR) is 89.8 cm³/mol. The molecule has 0 N–H and O–H groups in total. The van der Waals surface area contributed by atoms with E-state index < -0.39 is 0 Å². The smallest absolute Gasteiger partial charge is 0.237 e.